The summed E-state index contributed by atoms with van der Waals surface area (Å²) in [5.41, 5.74) is 0. The van der Waals surface area contributed by atoms with Crippen LogP contribution < -0.4 is 0 Å². The Balaban J connectivity index is 1.74. The fourth-order valence-electron chi connectivity index (χ4n) is 2.63. The fourth-order valence-corrected chi connectivity index (χ4v) is 4.16. The number of piperazine rings is 1. The summed E-state index contributed by atoms with van der Waals surface area (Å²) >= 11 is 5.31. The summed E-state index contributed by atoms with van der Waals surface area (Å²) in [6, 6.07) is 4.30. The summed E-state index contributed by atoms with van der Waals surface area (Å²) in [6.45, 7) is 11.3. The van der Waals surface area contributed by atoms with Crippen molar-refractivity contribution in [3.8, 4) is 0 Å². The van der Waals surface area contributed by atoms with Gasteiger partial charge >= 0.3 is 0 Å². The number of hydrogen-bond acceptors (Lipinski definition) is 4. The normalized spacial score (nSPS) is 17.1. The number of amides is 1. The molecule has 0 aromatic carbocycles. The van der Waals surface area contributed by atoms with Crippen LogP contribution in [0.25, 0.3) is 0 Å². The molecule has 4 nitrogen and oxygen atoms in total. The van der Waals surface area contributed by atoms with Gasteiger partial charge in [-0.05, 0) is 41.9 Å². The molecular weight excluding hydrogens is 350 g/mol. The van der Waals surface area contributed by atoms with Crippen LogP contribution in [-0.4, -0.2) is 66.4 Å². The third-order valence-corrected chi connectivity index (χ3v) is 5.56. The van der Waals surface area contributed by atoms with Crippen LogP contribution in [0, 0.1) is 0 Å². The lowest BCUT2D eigenvalue weighted by molar-refractivity contribution is -0.132. The van der Waals surface area contributed by atoms with Crippen molar-refractivity contribution in [1.82, 2.24) is 14.7 Å². The molecule has 0 atom stereocenters. The Labute approximate surface area is 139 Å². The number of halogens is 1. The van der Waals surface area contributed by atoms with E-state index >= 15 is 0 Å². The van der Waals surface area contributed by atoms with Crippen LogP contribution in [0.15, 0.2) is 15.9 Å². The summed E-state index contributed by atoms with van der Waals surface area (Å²) in [6.07, 6.45) is 0. The van der Waals surface area contributed by atoms with Gasteiger partial charge in [0.2, 0.25) is 5.91 Å². The van der Waals surface area contributed by atoms with Gasteiger partial charge < -0.3 is 4.90 Å². The standard InChI is InChI=1S/C15H24BrN3OS/c1-3-19(4-2)15(20)12-18-9-7-17(8-10-18)11-13-5-6-14(16)21-13/h5-6H,3-4,7-12H2,1-2H3. The van der Waals surface area contributed by atoms with Crippen molar-refractivity contribution in [2.75, 3.05) is 45.8 Å². The highest BCUT2D eigenvalue weighted by Crippen LogP contribution is 2.23. The Kier molecular flexibility index (Phi) is 6.67. The molecular formula is C15H24BrN3OS. The van der Waals surface area contributed by atoms with Gasteiger partial charge in [0.1, 0.15) is 0 Å². The SMILES string of the molecule is CCN(CC)C(=O)CN1CCN(Cc2ccc(Br)s2)CC1. The first-order valence-electron chi connectivity index (χ1n) is 7.59. The van der Waals surface area contributed by atoms with E-state index in [1.807, 2.05) is 18.7 Å². The maximum Gasteiger partial charge on any atom is 0.236 e. The van der Waals surface area contributed by atoms with Gasteiger partial charge in [-0.1, -0.05) is 0 Å². The number of hydrogen-bond donors (Lipinski definition) is 0. The van der Waals surface area contributed by atoms with E-state index < -0.39 is 0 Å². The maximum absolute atomic E-state index is 12.1. The summed E-state index contributed by atoms with van der Waals surface area (Å²) in [4.78, 5) is 20.2. The van der Waals surface area contributed by atoms with Crippen molar-refractivity contribution in [3.63, 3.8) is 0 Å². The lowest BCUT2D eigenvalue weighted by atomic mass is 10.3. The molecule has 1 aromatic rings. The van der Waals surface area contributed by atoms with Crippen LogP contribution in [-0.2, 0) is 11.3 Å². The van der Waals surface area contributed by atoms with Crippen LogP contribution in [0.3, 0.4) is 0 Å². The zero-order valence-corrected chi connectivity index (χ0v) is 15.3. The van der Waals surface area contributed by atoms with E-state index in [1.54, 1.807) is 11.3 Å². The molecule has 0 spiro atoms. The molecule has 1 aromatic heterocycles. The Morgan fingerprint density at radius 1 is 1.19 bits per heavy atom. The molecule has 0 N–H and O–H groups in total. The summed E-state index contributed by atoms with van der Waals surface area (Å²) in [5.74, 6) is 0.260. The zero-order chi connectivity index (χ0) is 15.2. The molecule has 0 saturated carbocycles. The van der Waals surface area contributed by atoms with E-state index in [9.17, 15) is 4.79 Å². The first-order chi connectivity index (χ1) is 10.1. The molecule has 0 bridgehead atoms. The van der Waals surface area contributed by atoms with E-state index in [2.05, 4.69) is 37.9 Å². The van der Waals surface area contributed by atoms with Crippen molar-refractivity contribution < 1.29 is 4.79 Å². The lowest BCUT2D eigenvalue weighted by Gasteiger charge is -2.35. The van der Waals surface area contributed by atoms with Crippen molar-refractivity contribution >= 4 is 33.2 Å². The highest BCUT2D eigenvalue weighted by molar-refractivity contribution is 9.11. The molecule has 21 heavy (non-hydrogen) atoms. The van der Waals surface area contributed by atoms with E-state index in [0.717, 1.165) is 45.8 Å². The number of carbonyl (C=O) groups is 1. The van der Waals surface area contributed by atoms with E-state index in [0.29, 0.717) is 6.54 Å². The van der Waals surface area contributed by atoms with E-state index in [1.165, 1.54) is 8.66 Å². The van der Waals surface area contributed by atoms with E-state index in [-0.39, 0.29) is 5.91 Å². The van der Waals surface area contributed by atoms with Crippen molar-refractivity contribution in [2.24, 2.45) is 0 Å². The topological polar surface area (TPSA) is 26.8 Å². The monoisotopic (exact) mass is 373 g/mol. The number of carbonyl (C=O) groups excluding carboxylic acids is 1. The average molecular weight is 374 g/mol. The second-order valence-electron chi connectivity index (χ2n) is 5.32. The molecule has 1 aliphatic heterocycles. The predicted molar refractivity (Wildman–Crippen MR) is 91.7 cm³/mol. The van der Waals surface area contributed by atoms with Crippen LogP contribution >= 0.6 is 27.3 Å². The Morgan fingerprint density at radius 2 is 1.81 bits per heavy atom. The van der Waals surface area contributed by atoms with Gasteiger partial charge in [0.05, 0.1) is 10.3 Å². The van der Waals surface area contributed by atoms with Crippen LogP contribution in [0.1, 0.15) is 18.7 Å². The van der Waals surface area contributed by atoms with Crippen molar-refractivity contribution in [2.45, 2.75) is 20.4 Å². The Hall–Kier alpha value is -0.430. The quantitative estimate of drug-likeness (QED) is 0.766. The number of thiophene rings is 1. The molecule has 1 saturated heterocycles. The number of rotatable bonds is 6. The smallest absolute Gasteiger partial charge is 0.236 e. The molecule has 6 heteroatoms. The van der Waals surface area contributed by atoms with Crippen LogP contribution in [0.5, 0.6) is 0 Å². The second-order valence-corrected chi connectivity index (χ2v) is 7.87. The van der Waals surface area contributed by atoms with Gasteiger partial charge in [0, 0.05) is 50.7 Å². The minimum Gasteiger partial charge on any atom is -0.342 e. The van der Waals surface area contributed by atoms with Crippen molar-refractivity contribution in [3.05, 3.63) is 20.8 Å². The lowest BCUT2D eigenvalue weighted by Crippen LogP contribution is -2.49. The predicted octanol–water partition coefficient (Wildman–Crippen LogP) is 2.50. The van der Waals surface area contributed by atoms with Gasteiger partial charge in [0.15, 0.2) is 0 Å². The molecule has 0 aliphatic carbocycles. The maximum atomic E-state index is 12.1. The molecule has 1 aliphatic rings. The van der Waals surface area contributed by atoms with Gasteiger partial charge in [-0.25, -0.2) is 0 Å². The Morgan fingerprint density at radius 3 is 2.33 bits per heavy atom. The van der Waals surface area contributed by atoms with Crippen molar-refractivity contribution in [1.29, 1.82) is 0 Å². The highest BCUT2D eigenvalue weighted by Gasteiger charge is 2.21. The van der Waals surface area contributed by atoms with Gasteiger partial charge in [-0.15, -0.1) is 11.3 Å². The first-order valence-corrected chi connectivity index (χ1v) is 9.20. The molecule has 0 unspecified atom stereocenters. The van der Waals surface area contributed by atoms with Gasteiger partial charge in [-0.2, -0.15) is 0 Å². The number of nitrogens with zero attached hydrogens (tertiary/aromatic N) is 3. The molecule has 118 valence electrons. The fraction of sp³-hybridized carbons (Fsp3) is 0.667. The van der Waals surface area contributed by atoms with Gasteiger partial charge in [0.25, 0.3) is 0 Å². The van der Waals surface area contributed by atoms with Crippen LogP contribution in [0.4, 0.5) is 0 Å². The second kappa shape index (κ2) is 8.27. The Bertz CT molecular complexity index is 454. The zero-order valence-electron chi connectivity index (χ0n) is 12.8. The van der Waals surface area contributed by atoms with Gasteiger partial charge in [-0.3, -0.25) is 14.6 Å². The average Bonchev–Trinajstić information content (AvgIpc) is 2.88. The minimum absolute atomic E-state index is 0.260. The summed E-state index contributed by atoms with van der Waals surface area (Å²) in [7, 11) is 0. The molecule has 2 heterocycles. The summed E-state index contributed by atoms with van der Waals surface area (Å²) in [5, 5.41) is 0. The van der Waals surface area contributed by atoms with Crippen LogP contribution in [0.2, 0.25) is 0 Å². The largest absolute Gasteiger partial charge is 0.342 e. The highest BCUT2D eigenvalue weighted by atomic mass is 79.9. The molecule has 1 amide bonds. The summed E-state index contributed by atoms with van der Waals surface area (Å²) < 4.78 is 1.20. The molecule has 2 rings (SSSR count). The minimum atomic E-state index is 0.260. The molecule has 1 fully saturated rings. The third kappa shape index (κ3) is 5.06. The molecule has 0 radical (unpaired) electrons. The third-order valence-electron chi connectivity index (χ3n) is 3.95. The first kappa shape index (κ1) is 16.9. The van der Waals surface area contributed by atoms with E-state index in [4.69, 9.17) is 0 Å². The number of likely N-dealkylation sites (N-methyl/N-ethyl adjacent to an activating group) is 1.